The molecule has 1 aliphatic rings. The maximum atomic E-state index is 11.0. The zero-order valence-corrected chi connectivity index (χ0v) is 13.0. The molecule has 1 N–H and O–H groups in total. The highest BCUT2D eigenvalue weighted by atomic mass is 16.6. The largest absolute Gasteiger partial charge is 0.386 e. The van der Waals surface area contributed by atoms with Crippen LogP contribution in [0.4, 0.5) is 11.5 Å². The molecule has 0 bridgehead atoms. The number of rotatable bonds is 5. The summed E-state index contributed by atoms with van der Waals surface area (Å²) in [6, 6.07) is 3.45. The number of hydrogen-bond donors (Lipinski definition) is 1. The minimum absolute atomic E-state index is 0.0569. The predicted octanol–water partition coefficient (Wildman–Crippen LogP) is 2.91. The van der Waals surface area contributed by atoms with Gasteiger partial charge in [0.15, 0.2) is 0 Å². The average Bonchev–Trinajstić information content (AvgIpc) is 2.45. The van der Waals surface area contributed by atoms with Gasteiger partial charge in [-0.1, -0.05) is 19.8 Å². The van der Waals surface area contributed by atoms with Gasteiger partial charge in [0.05, 0.1) is 0 Å². The van der Waals surface area contributed by atoms with Crippen molar-refractivity contribution in [2.75, 3.05) is 26.0 Å². The third-order valence-electron chi connectivity index (χ3n) is 4.58. The first-order valence-corrected chi connectivity index (χ1v) is 7.45. The van der Waals surface area contributed by atoms with Crippen molar-refractivity contribution in [1.82, 2.24) is 9.88 Å². The lowest BCUT2D eigenvalue weighted by molar-refractivity contribution is -0.388. The van der Waals surface area contributed by atoms with Crippen LogP contribution in [0.2, 0.25) is 0 Å². The van der Waals surface area contributed by atoms with E-state index < -0.39 is 4.92 Å². The Hall–Kier alpha value is -1.69. The quantitative estimate of drug-likeness (QED) is 0.667. The van der Waals surface area contributed by atoms with Gasteiger partial charge >= 0.3 is 5.82 Å². The maximum absolute atomic E-state index is 11.0. The van der Waals surface area contributed by atoms with Gasteiger partial charge in [-0.2, -0.15) is 0 Å². The first-order chi connectivity index (χ1) is 9.94. The molecule has 116 valence electrons. The summed E-state index contributed by atoms with van der Waals surface area (Å²) in [5.41, 5.74) is 0.559. The lowest BCUT2D eigenvalue weighted by Crippen LogP contribution is -2.52. The molecule has 2 rings (SSSR count). The minimum Gasteiger partial charge on any atom is -0.376 e. The number of pyridine rings is 1. The second kappa shape index (κ2) is 6.39. The number of aromatic nitrogens is 1. The van der Waals surface area contributed by atoms with Crippen molar-refractivity contribution < 1.29 is 4.92 Å². The lowest BCUT2D eigenvalue weighted by atomic mass is 9.75. The smallest absolute Gasteiger partial charge is 0.376 e. The molecule has 21 heavy (non-hydrogen) atoms. The van der Waals surface area contributed by atoms with Gasteiger partial charge in [0.2, 0.25) is 0 Å². The Kier molecular flexibility index (Phi) is 4.77. The fourth-order valence-corrected chi connectivity index (χ4v) is 3.30. The molecule has 1 aliphatic carbocycles. The second-order valence-corrected chi connectivity index (χ2v) is 6.31. The molecular weight excluding hydrogens is 268 g/mol. The Balaban J connectivity index is 2.14. The topological polar surface area (TPSA) is 71.3 Å². The van der Waals surface area contributed by atoms with E-state index in [1.807, 2.05) is 0 Å². The number of nitro groups is 1. The molecule has 1 heterocycles. The summed E-state index contributed by atoms with van der Waals surface area (Å²) in [7, 11) is 4.19. The number of nitrogens with zero attached hydrogens (tertiary/aromatic N) is 3. The predicted molar refractivity (Wildman–Crippen MR) is 83.4 cm³/mol. The van der Waals surface area contributed by atoms with E-state index in [2.05, 4.69) is 36.2 Å². The normalized spacial score (nSPS) is 25.8. The molecule has 0 saturated heterocycles. The summed E-state index contributed by atoms with van der Waals surface area (Å²) >= 11 is 0. The Bertz CT molecular complexity index is 506. The van der Waals surface area contributed by atoms with Crippen molar-refractivity contribution in [3.63, 3.8) is 0 Å². The molecule has 0 spiro atoms. The molecule has 0 aliphatic heterocycles. The lowest BCUT2D eigenvalue weighted by Gasteiger charge is -2.45. The van der Waals surface area contributed by atoms with E-state index in [-0.39, 0.29) is 11.4 Å². The van der Waals surface area contributed by atoms with Crippen LogP contribution in [-0.2, 0) is 0 Å². The first kappa shape index (κ1) is 15.7. The van der Waals surface area contributed by atoms with Gasteiger partial charge in [-0.25, -0.2) is 0 Å². The highest BCUT2D eigenvalue weighted by Crippen LogP contribution is 2.36. The van der Waals surface area contributed by atoms with Gasteiger partial charge in [-0.3, -0.25) is 0 Å². The summed E-state index contributed by atoms with van der Waals surface area (Å²) in [6.45, 7) is 2.99. The standard InChI is InChI=1S/C15H24N4O2/c1-12-6-4-8-15(10-12,18(2)3)11-17-13-7-5-9-16-14(13)19(20)21/h5,7,9,12,17H,4,6,8,10-11H2,1-3H3. The average molecular weight is 292 g/mol. The Labute approximate surface area is 125 Å². The van der Waals surface area contributed by atoms with Crippen LogP contribution in [0.3, 0.4) is 0 Å². The van der Waals surface area contributed by atoms with Crippen LogP contribution in [-0.4, -0.2) is 41.0 Å². The van der Waals surface area contributed by atoms with Crippen LogP contribution in [0.1, 0.15) is 32.6 Å². The van der Waals surface area contributed by atoms with E-state index in [1.54, 1.807) is 12.1 Å². The zero-order chi connectivity index (χ0) is 15.5. The minimum atomic E-state index is -0.436. The van der Waals surface area contributed by atoms with Crippen LogP contribution in [0.25, 0.3) is 0 Å². The molecule has 2 atom stereocenters. The molecule has 1 aromatic heterocycles. The molecule has 1 saturated carbocycles. The van der Waals surface area contributed by atoms with Crippen LogP contribution in [0.5, 0.6) is 0 Å². The van der Waals surface area contributed by atoms with Crippen LogP contribution >= 0.6 is 0 Å². The van der Waals surface area contributed by atoms with E-state index >= 15 is 0 Å². The number of likely N-dealkylation sites (N-methyl/N-ethyl adjacent to an activating group) is 1. The maximum Gasteiger partial charge on any atom is 0.386 e. The molecule has 0 radical (unpaired) electrons. The summed E-state index contributed by atoms with van der Waals surface area (Å²) in [5, 5.41) is 14.3. The van der Waals surface area contributed by atoms with Crippen molar-refractivity contribution >= 4 is 11.5 Å². The number of anilines is 1. The molecule has 2 unspecified atom stereocenters. The van der Waals surface area contributed by atoms with Gasteiger partial charge in [-0.05, 0) is 54.9 Å². The summed E-state index contributed by atoms with van der Waals surface area (Å²) < 4.78 is 0. The second-order valence-electron chi connectivity index (χ2n) is 6.31. The van der Waals surface area contributed by atoms with Gasteiger partial charge in [0, 0.05) is 12.1 Å². The highest BCUT2D eigenvalue weighted by Gasteiger charge is 2.37. The van der Waals surface area contributed by atoms with E-state index in [1.165, 1.54) is 19.0 Å². The fourth-order valence-electron chi connectivity index (χ4n) is 3.30. The van der Waals surface area contributed by atoms with Crippen molar-refractivity contribution in [3.8, 4) is 0 Å². The fraction of sp³-hybridized carbons (Fsp3) is 0.667. The molecule has 0 aromatic carbocycles. The Morgan fingerprint density at radius 3 is 2.95 bits per heavy atom. The van der Waals surface area contributed by atoms with Crippen molar-refractivity contribution in [2.24, 2.45) is 5.92 Å². The monoisotopic (exact) mass is 292 g/mol. The molecular formula is C15H24N4O2. The van der Waals surface area contributed by atoms with Crippen LogP contribution < -0.4 is 5.32 Å². The summed E-state index contributed by atoms with van der Waals surface area (Å²) in [6.07, 6.45) is 6.15. The van der Waals surface area contributed by atoms with E-state index in [0.717, 1.165) is 12.8 Å². The highest BCUT2D eigenvalue weighted by molar-refractivity contribution is 5.56. The van der Waals surface area contributed by atoms with E-state index in [0.29, 0.717) is 18.2 Å². The molecule has 1 fully saturated rings. The Morgan fingerprint density at radius 2 is 2.33 bits per heavy atom. The van der Waals surface area contributed by atoms with E-state index in [9.17, 15) is 10.1 Å². The van der Waals surface area contributed by atoms with Crippen LogP contribution in [0, 0.1) is 16.0 Å². The SMILES string of the molecule is CC1CCCC(CNc2cccnc2[N+](=O)[O-])(N(C)C)C1. The van der Waals surface area contributed by atoms with Gasteiger partial charge < -0.3 is 20.3 Å². The molecule has 0 amide bonds. The van der Waals surface area contributed by atoms with Gasteiger partial charge in [0.25, 0.3) is 0 Å². The van der Waals surface area contributed by atoms with Gasteiger partial charge in [0.1, 0.15) is 11.9 Å². The van der Waals surface area contributed by atoms with Crippen molar-refractivity contribution in [3.05, 3.63) is 28.4 Å². The summed E-state index contributed by atoms with van der Waals surface area (Å²) in [4.78, 5) is 16.7. The number of hydrogen-bond acceptors (Lipinski definition) is 5. The van der Waals surface area contributed by atoms with Crippen molar-refractivity contribution in [1.29, 1.82) is 0 Å². The number of nitrogens with one attached hydrogen (secondary N) is 1. The first-order valence-electron chi connectivity index (χ1n) is 7.45. The third-order valence-corrected chi connectivity index (χ3v) is 4.58. The van der Waals surface area contributed by atoms with E-state index in [4.69, 9.17) is 0 Å². The zero-order valence-electron chi connectivity index (χ0n) is 13.0. The molecule has 1 aromatic rings. The molecule has 6 nitrogen and oxygen atoms in total. The van der Waals surface area contributed by atoms with Crippen LogP contribution in [0.15, 0.2) is 18.3 Å². The molecule has 6 heteroatoms. The summed E-state index contributed by atoms with van der Waals surface area (Å²) in [5.74, 6) is 0.585. The third kappa shape index (κ3) is 3.50. The van der Waals surface area contributed by atoms with Crippen molar-refractivity contribution in [2.45, 2.75) is 38.1 Å². The van der Waals surface area contributed by atoms with Gasteiger partial charge in [-0.15, -0.1) is 0 Å². The Morgan fingerprint density at radius 1 is 1.57 bits per heavy atom.